The second-order valence-corrected chi connectivity index (χ2v) is 2.16. The number of H-pyrrole nitrogens is 1. The van der Waals surface area contributed by atoms with Gasteiger partial charge in [0.05, 0.1) is 5.69 Å². The summed E-state index contributed by atoms with van der Waals surface area (Å²) in [5.74, 6) is -1.28. The van der Waals surface area contributed by atoms with Crippen molar-refractivity contribution in [3.05, 3.63) is 16.4 Å². The molecule has 0 amide bonds. The van der Waals surface area contributed by atoms with E-state index in [0.717, 1.165) is 0 Å². The second-order valence-electron chi connectivity index (χ2n) is 1.81. The zero-order chi connectivity index (χ0) is 8.43. The van der Waals surface area contributed by atoms with Crippen LogP contribution < -0.4 is 0 Å². The maximum Gasteiger partial charge on any atom is 0.340 e. The predicted molar refractivity (Wildman–Crippen MR) is 35.4 cm³/mol. The SMILES string of the molecule is O=C(O)c1c(Cl)n[nH]c1CF. The van der Waals surface area contributed by atoms with Gasteiger partial charge < -0.3 is 5.11 Å². The Morgan fingerprint density at radius 1 is 1.82 bits per heavy atom. The lowest BCUT2D eigenvalue weighted by Gasteiger charge is -1.90. The van der Waals surface area contributed by atoms with Crippen molar-refractivity contribution in [3.63, 3.8) is 0 Å². The molecule has 1 aromatic heterocycles. The Morgan fingerprint density at radius 3 is 2.82 bits per heavy atom. The lowest BCUT2D eigenvalue weighted by molar-refractivity contribution is 0.0695. The Morgan fingerprint density at radius 2 is 2.45 bits per heavy atom. The minimum Gasteiger partial charge on any atom is -0.478 e. The third-order valence-corrected chi connectivity index (χ3v) is 1.42. The molecule has 0 aliphatic carbocycles. The molecule has 0 unspecified atom stereocenters. The summed E-state index contributed by atoms with van der Waals surface area (Å²) in [6, 6.07) is 0. The van der Waals surface area contributed by atoms with Crippen molar-refractivity contribution in [2.75, 3.05) is 0 Å². The Bertz CT molecular complexity index is 286. The molecule has 0 spiro atoms. The van der Waals surface area contributed by atoms with Crippen LogP contribution in [0.2, 0.25) is 5.15 Å². The first-order valence-corrected chi connectivity index (χ1v) is 3.06. The summed E-state index contributed by atoms with van der Waals surface area (Å²) >= 11 is 5.33. The number of carbonyl (C=O) groups is 1. The maximum absolute atomic E-state index is 12.0. The Kier molecular flexibility index (Phi) is 2.09. The van der Waals surface area contributed by atoms with E-state index in [9.17, 15) is 9.18 Å². The van der Waals surface area contributed by atoms with Gasteiger partial charge in [-0.05, 0) is 0 Å². The van der Waals surface area contributed by atoms with Crippen molar-refractivity contribution in [1.82, 2.24) is 10.2 Å². The first kappa shape index (κ1) is 8.00. The van der Waals surface area contributed by atoms with Crippen LogP contribution >= 0.6 is 11.6 Å². The maximum atomic E-state index is 12.0. The molecular weight excluding hydrogens is 175 g/mol. The summed E-state index contributed by atoms with van der Waals surface area (Å²) < 4.78 is 12.0. The number of halogens is 2. The third kappa shape index (κ3) is 1.32. The average Bonchev–Trinajstić information content (AvgIpc) is 2.30. The molecule has 4 nitrogen and oxygen atoms in total. The molecule has 60 valence electrons. The number of aromatic carboxylic acids is 1. The topological polar surface area (TPSA) is 66.0 Å². The van der Waals surface area contributed by atoms with Gasteiger partial charge in [-0.2, -0.15) is 5.10 Å². The molecule has 0 fully saturated rings. The molecule has 0 aromatic carbocycles. The fourth-order valence-electron chi connectivity index (χ4n) is 0.667. The first-order chi connectivity index (χ1) is 5.16. The molecule has 0 saturated heterocycles. The van der Waals surface area contributed by atoms with Gasteiger partial charge in [0.2, 0.25) is 0 Å². The van der Waals surface area contributed by atoms with Gasteiger partial charge in [-0.3, -0.25) is 5.10 Å². The number of aromatic amines is 1. The van der Waals surface area contributed by atoms with Crippen LogP contribution in [0.1, 0.15) is 16.1 Å². The van der Waals surface area contributed by atoms with Gasteiger partial charge in [0.25, 0.3) is 0 Å². The van der Waals surface area contributed by atoms with Crippen molar-refractivity contribution in [1.29, 1.82) is 0 Å². The number of carboxylic acid groups (broad SMARTS) is 1. The van der Waals surface area contributed by atoms with Gasteiger partial charge in [-0.15, -0.1) is 0 Å². The van der Waals surface area contributed by atoms with Crippen molar-refractivity contribution in [2.24, 2.45) is 0 Å². The molecule has 0 radical (unpaired) electrons. The lowest BCUT2D eigenvalue weighted by Crippen LogP contribution is -1.99. The number of nitrogens with one attached hydrogen (secondary N) is 1. The number of aromatic nitrogens is 2. The molecule has 0 saturated carbocycles. The molecule has 1 rings (SSSR count). The first-order valence-electron chi connectivity index (χ1n) is 2.68. The Hall–Kier alpha value is -1.10. The van der Waals surface area contributed by atoms with E-state index in [1.807, 2.05) is 0 Å². The standard InChI is InChI=1S/C5H4ClFN2O2/c6-4-3(5(10)11)2(1-7)8-9-4/h1H2,(H,8,9)(H,10,11). The minimum atomic E-state index is -1.28. The summed E-state index contributed by atoms with van der Waals surface area (Å²) in [5, 5.41) is 13.7. The molecule has 11 heavy (non-hydrogen) atoms. The summed E-state index contributed by atoms with van der Waals surface area (Å²) in [7, 11) is 0. The summed E-state index contributed by atoms with van der Waals surface area (Å²) in [6.07, 6.45) is 0. The van der Waals surface area contributed by atoms with Gasteiger partial charge in [0, 0.05) is 0 Å². The van der Waals surface area contributed by atoms with Gasteiger partial charge in [-0.1, -0.05) is 11.6 Å². The van der Waals surface area contributed by atoms with E-state index < -0.39 is 12.6 Å². The van der Waals surface area contributed by atoms with E-state index in [-0.39, 0.29) is 16.4 Å². The van der Waals surface area contributed by atoms with Gasteiger partial charge in [0.15, 0.2) is 5.15 Å². The molecule has 0 bridgehead atoms. The number of hydrogen-bond donors (Lipinski definition) is 2. The molecule has 2 N–H and O–H groups in total. The van der Waals surface area contributed by atoms with Crippen LogP contribution in [0.25, 0.3) is 0 Å². The van der Waals surface area contributed by atoms with Crippen molar-refractivity contribution in [2.45, 2.75) is 6.67 Å². The highest BCUT2D eigenvalue weighted by Crippen LogP contribution is 2.16. The van der Waals surface area contributed by atoms with E-state index >= 15 is 0 Å². The molecular formula is C5H4ClFN2O2. The predicted octanol–water partition coefficient (Wildman–Crippen LogP) is 1.23. The van der Waals surface area contributed by atoms with Crippen molar-refractivity contribution < 1.29 is 14.3 Å². The van der Waals surface area contributed by atoms with Crippen LogP contribution in [0.15, 0.2) is 0 Å². The van der Waals surface area contributed by atoms with Gasteiger partial charge >= 0.3 is 5.97 Å². The van der Waals surface area contributed by atoms with Gasteiger partial charge in [0.1, 0.15) is 12.2 Å². The molecule has 0 aliphatic heterocycles. The lowest BCUT2D eigenvalue weighted by atomic mass is 10.3. The normalized spacial score (nSPS) is 10.0. The smallest absolute Gasteiger partial charge is 0.340 e. The van der Waals surface area contributed by atoms with Crippen molar-refractivity contribution >= 4 is 17.6 Å². The highest BCUT2D eigenvalue weighted by Gasteiger charge is 2.17. The summed E-state index contributed by atoms with van der Waals surface area (Å²) in [5.41, 5.74) is -0.406. The zero-order valence-corrected chi connectivity index (χ0v) is 6.02. The van der Waals surface area contributed by atoms with Crippen molar-refractivity contribution in [3.8, 4) is 0 Å². The zero-order valence-electron chi connectivity index (χ0n) is 5.27. The Labute approximate surface area is 66.0 Å². The van der Waals surface area contributed by atoms with Crippen LogP contribution in [-0.2, 0) is 6.67 Å². The molecule has 1 heterocycles. The largest absolute Gasteiger partial charge is 0.478 e. The number of alkyl halides is 1. The van der Waals surface area contributed by atoms with E-state index in [0.29, 0.717) is 0 Å². The monoisotopic (exact) mass is 178 g/mol. The number of rotatable bonds is 2. The van der Waals surface area contributed by atoms with Crippen LogP contribution in [-0.4, -0.2) is 21.3 Å². The minimum absolute atomic E-state index is 0.109. The number of carboxylic acids is 1. The van der Waals surface area contributed by atoms with Crippen LogP contribution in [0.5, 0.6) is 0 Å². The van der Waals surface area contributed by atoms with Crippen LogP contribution in [0.3, 0.4) is 0 Å². The highest BCUT2D eigenvalue weighted by atomic mass is 35.5. The number of nitrogens with zero attached hydrogens (tertiary/aromatic N) is 1. The molecule has 1 aromatic rings. The van der Waals surface area contributed by atoms with E-state index in [4.69, 9.17) is 16.7 Å². The third-order valence-electron chi connectivity index (χ3n) is 1.14. The Balaban J connectivity index is 3.17. The van der Waals surface area contributed by atoms with Gasteiger partial charge in [-0.25, -0.2) is 9.18 Å². The highest BCUT2D eigenvalue weighted by molar-refractivity contribution is 6.32. The van der Waals surface area contributed by atoms with Crippen LogP contribution in [0, 0.1) is 0 Å². The molecule has 6 heteroatoms. The molecule has 0 atom stereocenters. The summed E-state index contributed by atoms with van der Waals surface area (Å²) in [4.78, 5) is 10.4. The van der Waals surface area contributed by atoms with Crippen LogP contribution in [0.4, 0.5) is 4.39 Å². The number of hydrogen-bond acceptors (Lipinski definition) is 2. The second kappa shape index (κ2) is 2.87. The van der Waals surface area contributed by atoms with E-state index in [2.05, 4.69) is 10.2 Å². The molecule has 0 aliphatic rings. The summed E-state index contributed by atoms with van der Waals surface area (Å²) in [6.45, 7) is -0.915. The fraction of sp³-hybridized carbons (Fsp3) is 0.200. The quantitative estimate of drug-likeness (QED) is 0.716. The fourth-order valence-corrected chi connectivity index (χ4v) is 0.904. The average molecular weight is 179 g/mol. The van der Waals surface area contributed by atoms with E-state index in [1.165, 1.54) is 0 Å². The van der Waals surface area contributed by atoms with E-state index in [1.54, 1.807) is 0 Å².